The van der Waals surface area contributed by atoms with Gasteiger partial charge in [-0.25, -0.2) is 9.18 Å². The second-order valence-corrected chi connectivity index (χ2v) is 6.26. The Labute approximate surface area is 135 Å². The smallest absolute Gasteiger partial charge is 0.318 e. The number of rotatable bonds is 4. The van der Waals surface area contributed by atoms with E-state index < -0.39 is 0 Å². The fourth-order valence-electron chi connectivity index (χ4n) is 3.76. The molecular formula is C17H22FN3O2. The minimum atomic E-state index is -0.388. The van der Waals surface area contributed by atoms with Gasteiger partial charge in [0.2, 0.25) is 5.91 Å². The van der Waals surface area contributed by atoms with Gasteiger partial charge < -0.3 is 15.5 Å². The molecule has 1 aliphatic heterocycles. The molecule has 0 aromatic heterocycles. The maximum atomic E-state index is 12.9. The van der Waals surface area contributed by atoms with E-state index in [0.29, 0.717) is 13.1 Å². The van der Waals surface area contributed by atoms with E-state index >= 15 is 0 Å². The lowest BCUT2D eigenvalue weighted by molar-refractivity contribution is -0.127. The van der Waals surface area contributed by atoms with Gasteiger partial charge >= 0.3 is 6.03 Å². The van der Waals surface area contributed by atoms with Gasteiger partial charge in [-0.3, -0.25) is 4.79 Å². The molecule has 3 atom stereocenters. The van der Waals surface area contributed by atoms with Gasteiger partial charge in [0.15, 0.2) is 0 Å². The van der Waals surface area contributed by atoms with Gasteiger partial charge in [-0.2, -0.15) is 0 Å². The van der Waals surface area contributed by atoms with Gasteiger partial charge in [0.1, 0.15) is 11.9 Å². The second kappa shape index (κ2) is 6.56. The molecule has 0 spiro atoms. The molecule has 23 heavy (non-hydrogen) atoms. The molecule has 3 amide bonds. The Bertz CT molecular complexity index is 590. The average molecular weight is 319 g/mol. The molecule has 2 fully saturated rings. The number of carbonyl (C=O) groups is 2. The number of carbonyl (C=O) groups excluding carboxylic acids is 2. The van der Waals surface area contributed by atoms with E-state index in [1.54, 1.807) is 17.0 Å². The van der Waals surface area contributed by atoms with E-state index in [4.69, 9.17) is 0 Å². The van der Waals surface area contributed by atoms with E-state index in [-0.39, 0.29) is 35.8 Å². The van der Waals surface area contributed by atoms with Crippen molar-refractivity contribution in [3.8, 4) is 0 Å². The predicted octanol–water partition coefficient (Wildman–Crippen LogP) is 2.02. The van der Waals surface area contributed by atoms with Crippen LogP contribution in [0.2, 0.25) is 0 Å². The third-order valence-electron chi connectivity index (χ3n) is 4.80. The monoisotopic (exact) mass is 319 g/mol. The summed E-state index contributed by atoms with van der Waals surface area (Å²) in [4.78, 5) is 26.6. The maximum Gasteiger partial charge on any atom is 0.318 e. The molecule has 1 aromatic carbocycles. The van der Waals surface area contributed by atoms with Crippen LogP contribution in [0.25, 0.3) is 0 Å². The van der Waals surface area contributed by atoms with Crippen LogP contribution in [0.5, 0.6) is 0 Å². The number of piperidine rings is 1. The Morgan fingerprint density at radius 2 is 1.96 bits per heavy atom. The van der Waals surface area contributed by atoms with Crippen LogP contribution in [0.1, 0.15) is 31.7 Å². The molecule has 2 N–H and O–H groups in total. The maximum absolute atomic E-state index is 12.9. The summed E-state index contributed by atoms with van der Waals surface area (Å²) >= 11 is 0. The number of halogens is 1. The third kappa shape index (κ3) is 3.16. The molecule has 5 nitrogen and oxygen atoms in total. The van der Waals surface area contributed by atoms with E-state index in [9.17, 15) is 14.0 Å². The zero-order valence-electron chi connectivity index (χ0n) is 13.2. The SMILES string of the molecule is CCNC(=O)N1[C@H]2CC[C@@H](C2)[C@H]1C(=O)NCc1ccc(F)cc1. The van der Waals surface area contributed by atoms with Crippen molar-refractivity contribution < 1.29 is 14.0 Å². The molecule has 1 aromatic rings. The molecule has 2 aliphatic rings. The summed E-state index contributed by atoms with van der Waals surface area (Å²) in [6.45, 7) is 2.77. The first-order valence-electron chi connectivity index (χ1n) is 8.18. The van der Waals surface area contributed by atoms with Crippen LogP contribution in [-0.2, 0) is 11.3 Å². The fourth-order valence-corrected chi connectivity index (χ4v) is 3.76. The topological polar surface area (TPSA) is 61.4 Å². The van der Waals surface area contributed by atoms with Crippen LogP contribution in [0.4, 0.5) is 9.18 Å². The zero-order valence-corrected chi connectivity index (χ0v) is 13.2. The van der Waals surface area contributed by atoms with E-state index in [2.05, 4.69) is 10.6 Å². The van der Waals surface area contributed by atoms with Gasteiger partial charge in [0.25, 0.3) is 0 Å². The van der Waals surface area contributed by atoms with Crippen molar-refractivity contribution in [1.82, 2.24) is 15.5 Å². The van der Waals surface area contributed by atoms with Crippen molar-refractivity contribution in [3.05, 3.63) is 35.6 Å². The van der Waals surface area contributed by atoms with Gasteiger partial charge in [-0.05, 0) is 49.8 Å². The van der Waals surface area contributed by atoms with Gasteiger partial charge in [-0.15, -0.1) is 0 Å². The first kappa shape index (κ1) is 15.8. The summed E-state index contributed by atoms with van der Waals surface area (Å²) in [5.41, 5.74) is 0.840. The number of likely N-dealkylation sites (tertiary alicyclic amines) is 1. The van der Waals surface area contributed by atoms with Gasteiger partial charge in [0.05, 0.1) is 0 Å². The number of amides is 3. The lowest BCUT2D eigenvalue weighted by atomic mass is 9.98. The molecule has 2 bridgehead atoms. The summed E-state index contributed by atoms with van der Waals surface area (Å²) in [6.07, 6.45) is 2.88. The molecule has 1 saturated heterocycles. The van der Waals surface area contributed by atoms with Crippen LogP contribution in [-0.4, -0.2) is 35.5 Å². The van der Waals surface area contributed by atoms with Gasteiger partial charge in [-0.1, -0.05) is 12.1 Å². The van der Waals surface area contributed by atoms with E-state index in [1.807, 2.05) is 6.92 Å². The minimum Gasteiger partial charge on any atom is -0.350 e. The number of nitrogens with zero attached hydrogens (tertiary/aromatic N) is 1. The lowest BCUT2D eigenvalue weighted by Crippen LogP contribution is -2.55. The molecular weight excluding hydrogens is 297 g/mol. The first-order valence-corrected chi connectivity index (χ1v) is 8.18. The molecule has 0 radical (unpaired) electrons. The molecule has 6 heteroatoms. The van der Waals surface area contributed by atoms with Crippen LogP contribution in [0.3, 0.4) is 0 Å². The fraction of sp³-hybridized carbons (Fsp3) is 0.529. The van der Waals surface area contributed by atoms with Crippen LogP contribution < -0.4 is 10.6 Å². The molecule has 1 aliphatic carbocycles. The van der Waals surface area contributed by atoms with Crippen LogP contribution in [0.15, 0.2) is 24.3 Å². The summed E-state index contributed by atoms with van der Waals surface area (Å²) in [5.74, 6) is -0.167. The summed E-state index contributed by atoms with van der Waals surface area (Å²) in [7, 11) is 0. The molecule has 0 unspecified atom stereocenters. The Kier molecular flexibility index (Phi) is 4.50. The predicted molar refractivity (Wildman–Crippen MR) is 84.1 cm³/mol. The number of fused-ring (bicyclic) bond motifs is 2. The van der Waals surface area contributed by atoms with Crippen molar-refractivity contribution in [2.75, 3.05) is 6.54 Å². The standard InChI is InChI=1S/C17H22FN3O2/c1-2-19-17(23)21-14-8-5-12(9-14)15(21)16(22)20-10-11-3-6-13(18)7-4-11/h3-4,6-7,12,14-15H,2,5,8-10H2,1H3,(H,19,23)(H,20,22)/t12-,14-,15-/m0/s1. The Morgan fingerprint density at radius 1 is 1.22 bits per heavy atom. The van der Waals surface area contributed by atoms with E-state index in [0.717, 1.165) is 24.8 Å². The highest BCUT2D eigenvalue weighted by Crippen LogP contribution is 2.42. The van der Waals surface area contributed by atoms with E-state index in [1.165, 1.54) is 12.1 Å². The molecule has 3 rings (SSSR count). The van der Waals surface area contributed by atoms with Crippen molar-refractivity contribution in [1.29, 1.82) is 0 Å². The summed E-state index contributed by atoms with van der Waals surface area (Å²) in [6, 6.07) is 5.69. The highest BCUT2D eigenvalue weighted by molar-refractivity contribution is 5.88. The van der Waals surface area contributed by atoms with Crippen LogP contribution in [0, 0.1) is 11.7 Å². The Hall–Kier alpha value is -2.11. The highest BCUT2D eigenvalue weighted by Gasteiger charge is 2.51. The van der Waals surface area contributed by atoms with Crippen molar-refractivity contribution in [2.45, 2.75) is 44.8 Å². The van der Waals surface area contributed by atoms with Crippen molar-refractivity contribution in [2.24, 2.45) is 5.92 Å². The number of hydrogen-bond donors (Lipinski definition) is 2. The van der Waals surface area contributed by atoms with Gasteiger partial charge in [0, 0.05) is 19.1 Å². The third-order valence-corrected chi connectivity index (χ3v) is 4.80. The zero-order chi connectivity index (χ0) is 16.4. The van der Waals surface area contributed by atoms with Crippen molar-refractivity contribution >= 4 is 11.9 Å². The summed E-state index contributed by atoms with van der Waals surface area (Å²) in [5, 5.41) is 5.69. The summed E-state index contributed by atoms with van der Waals surface area (Å²) < 4.78 is 12.9. The Balaban J connectivity index is 1.65. The number of urea groups is 1. The lowest BCUT2D eigenvalue weighted by Gasteiger charge is -2.34. The van der Waals surface area contributed by atoms with Crippen LogP contribution >= 0.6 is 0 Å². The molecule has 124 valence electrons. The molecule has 1 heterocycles. The van der Waals surface area contributed by atoms with Crippen molar-refractivity contribution in [3.63, 3.8) is 0 Å². The first-order chi connectivity index (χ1) is 11.1. The minimum absolute atomic E-state index is 0.118. The second-order valence-electron chi connectivity index (χ2n) is 6.26. The quantitative estimate of drug-likeness (QED) is 0.892. The number of nitrogens with one attached hydrogen (secondary N) is 2. The molecule has 1 saturated carbocycles. The number of benzene rings is 1. The largest absolute Gasteiger partial charge is 0.350 e. The normalized spacial score (nSPS) is 25.5. The highest BCUT2D eigenvalue weighted by atomic mass is 19.1. The number of hydrogen-bond acceptors (Lipinski definition) is 2. The Morgan fingerprint density at radius 3 is 2.65 bits per heavy atom. The average Bonchev–Trinajstić information content (AvgIpc) is 3.15.